The van der Waals surface area contributed by atoms with Gasteiger partial charge in [0.25, 0.3) is 6.43 Å². The topological polar surface area (TPSA) is 38.5 Å². The maximum atomic E-state index is 11.9. The van der Waals surface area contributed by atoms with Crippen molar-refractivity contribution >= 4 is 0 Å². The molecule has 0 aromatic heterocycles. The molecule has 0 aromatic rings. The molecular weight excluding hydrogens is 214 g/mol. The number of piperidine rings is 1. The van der Waals surface area contributed by atoms with Crippen molar-refractivity contribution in [2.24, 2.45) is 5.73 Å². The van der Waals surface area contributed by atoms with Gasteiger partial charge in [0.05, 0.1) is 6.61 Å². The van der Waals surface area contributed by atoms with E-state index in [9.17, 15) is 8.78 Å². The number of fused-ring (bicyclic) bond motifs is 2. The van der Waals surface area contributed by atoms with Crippen LogP contribution in [0.15, 0.2) is 0 Å². The van der Waals surface area contributed by atoms with Crippen LogP contribution in [0.5, 0.6) is 0 Å². The van der Waals surface area contributed by atoms with Gasteiger partial charge in [-0.3, -0.25) is 4.90 Å². The standard InChI is InChI=1S/C11H20F2N2O/c12-11(13)7-16-4-3-15-9-1-2-10(15)6-8(14)5-9/h8-11H,1-7,14H2. The normalized spacial score (nSPS) is 34.9. The van der Waals surface area contributed by atoms with E-state index in [1.807, 2.05) is 0 Å². The Balaban J connectivity index is 1.70. The molecule has 0 aromatic carbocycles. The molecule has 5 heteroatoms. The van der Waals surface area contributed by atoms with E-state index in [1.165, 1.54) is 12.8 Å². The van der Waals surface area contributed by atoms with Crippen LogP contribution in [0, 0.1) is 0 Å². The Morgan fingerprint density at radius 2 is 1.88 bits per heavy atom. The Labute approximate surface area is 94.9 Å². The first-order valence-electron chi connectivity index (χ1n) is 6.04. The number of ether oxygens (including phenoxy) is 1. The molecular formula is C11H20F2N2O. The van der Waals surface area contributed by atoms with Crippen LogP contribution < -0.4 is 5.73 Å². The van der Waals surface area contributed by atoms with Gasteiger partial charge in [-0.05, 0) is 25.7 Å². The molecule has 2 unspecified atom stereocenters. The van der Waals surface area contributed by atoms with Crippen LogP contribution in [-0.4, -0.2) is 49.2 Å². The van der Waals surface area contributed by atoms with Gasteiger partial charge in [0.1, 0.15) is 6.61 Å². The van der Waals surface area contributed by atoms with Crippen LogP contribution in [0.4, 0.5) is 8.78 Å². The average Bonchev–Trinajstić information content (AvgIpc) is 2.45. The van der Waals surface area contributed by atoms with Gasteiger partial charge in [0.15, 0.2) is 0 Å². The lowest BCUT2D eigenvalue weighted by molar-refractivity contribution is 0.000477. The molecule has 2 saturated heterocycles. The highest BCUT2D eigenvalue weighted by atomic mass is 19.3. The first-order chi connectivity index (χ1) is 7.66. The van der Waals surface area contributed by atoms with Crippen molar-refractivity contribution in [2.45, 2.75) is 50.2 Å². The second-order valence-electron chi connectivity index (χ2n) is 4.82. The average molecular weight is 234 g/mol. The minimum Gasteiger partial charge on any atom is -0.374 e. The Morgan fingerprint density at radius 3 is 2.44 bits per heavy atom. The van der Waals surface area contributed by atoms with Crippen molar-refractivity contribution in [3.8, 4) is 0 Å². The van der Waals surface area contributed by atoms with Gasteiger partial charge in [-0.25, -0.2) is 8.78 Å². The molecule has 0 amide bonds. The lowest BCUT2D eigenvalue weighted by Gasteiger charge is -2.37. The Bertz CT molecular complexity index is 214. The van der Waals surface area contributed by atoms with Gasteiger partial charge in [-0.2, -0.15) is 0 Å². The van der Waals surface area contributed by atoms with E-state index >= 15 is 0 Å². The van der Waals surface area contributed by atoms with E-state index in [0.717, 1.165) is 19.4 Å². The maximum absolute atomic E-state index is 11.9. The molecule has 0 spiro atoms. The highest BCUT2D eigenvalue weighted by Crippen LogP contribution is 2.34. The number of nitrogens with two attached hydrogens (primary N) is 1. The van der Waals surface area contributed by atoms with Crippen molar-refractivity contribution in [1.29, 1.82) is 0 Å². The molecule has 16 heavy (non-hydrogen) atoms. The summed E-state index contributed by atoms with van der Waals surface area (Å²) in [7, 11) is 0. The van der Waals surface area contributed by atoms with Crippen molar-refractivity contribution in [3.05, 3.63) is 0 Å². The van der Waals surface area contributed by atoms with Crippen molar-refractivity contribution in [2.75, 3.05) is 19.8 Å². The van der Waals surface area contributed by atoms with Crippen LogP contribution in [0.3, 0.4) is 0 Å². The number of hydrogen-bond acceptors (Lipinski definition) is 3. The van der Waals surface area contributed by atoms with Gasteiger partial charge in [0.2, 0.25) is 0 Å². The summed E-state index contributed by atoms with van der Waals surface area (Å²) < 4.78 is 28.7. The molecule has 2 aliphatic heterocycles. The lowest BCUT2D eigenvalue weighted by Crippen LogP contribution is -2.48. The van der Waals surface area contributed by atoms with Crippen LogP contribution >= 0.6 is 0 Å². The number of nitrogens with zero attached hydrogens (tertiary/aromatic N) is 1. The van der Waals surface area contributed by atoms with Gasteiger partial charge < -0.3 is 10.5 Å². The Hall–Kier alpha value is -0.260. The second kappa shape index (κ2) is 5.38. The third-order valence-corrected chi connectivity index (χ3v) is 3.66. The van der Waals surface area contributed by atoms with Crippen LogP contribution in [0.2, 0.25) is 0 Å². The molecule has 0 radical (unpaired) electrons. The van der Waals surface area contributed by atoms with E-state index in [2.05, 4.69) is 4.90 Å². The molecule has 2 N–H and O–H groups in total. The predicted molar refractivity (Wildman–Crippen MR) is 57.5 cm³/mol. The predicted octanol–water partition coefficient (Wildman–Crippen LogP) is 1.22. The van der Waals surface area contributed by atoms with Crippen molar-refractivity contribution in [1.82, 2.24) is 4.90 Å². The van der Waals surface area contributed by atoms with Crippen LogP contribution in [0.1, 0.15) is 25.7 Å². The summed E-state index contributed by atoms with van der Waals surface area (Å²) >= 11 is 0. The van der Waals surface area contributed by atoms with Crippen molar-refractivity contribution < 1.29 is 13.5 Å². The fourth-order valence-electron chi connectivity index (χ4n) is 3.02. The van der Waals surface area contributed by atoms with E-state index in [-0.39, 0.29) is 0 Å². The summed E-state index contributed by atoms with van der Waals surface area (Å²) in [6.45, 7) is 0.740. The maximum Gasteiger partial charge on any atom is 0.261 e. The zero-order valence-electron chi connectivity index (χ0n) is 9.45. The molecule has 0 aliphatic carbocycles. The smallest absolute Gasteiger partial charge is 0.261 e. The number of halogens is 2. The van der Waals surface area contributed by atoms with Gasteiger partial charge in [0, 0.05) is 24.7 Å². The molecule has 2 heterocycles. The van der Waals surface area contributed by atoms with Gasteiger partial charge in [-0.15, -0.1) is 0 Å². The molecule has 0 saturated carbocycles. The Kier molecular flexibility index (Phi) is 4.10. The first-order valence-corrected chi connectivity index (χ1v) is 6.04. The number of alkyl halides is 2. The van der Waals surface area contributed by atoms with Gasteiger partial charge >= 0.3 is 0 Å². The first kappa shape index (κ1) is 12.2. The molecule has 2 atom stereocenters. The minimum absolute atomic E-state index is 0.329. The quantitative estimate of drug-likeness (QED) is 0.727. The zero-order chi connectivity index (χ0) is 11.5. The van der Waals surface area contributed by atoms with E-state index < -0.39 is 13.0 Å². The number of rotatable bonds is 5. The fourth-order valence-corrected chi connectivity index (χ4v) is 3.02. The highest BCUT2D eigenvalue weighted by Gasteiger charge is 2.38. The summed E-state index contributed by atoms with van der Waals surface area (Å²) in [5.41, 5.74) is 5.96. The summed E-state index contributed by atoms with van der Waals surface area (Å²) in [6.07, 6.45) is 2.14. The minimum atomic E-state index is -2.36. The molecule has 2 fully saturated rings. The lowest BCUT2D eigenvalue weighted by atomic mass is 9.98. The summed E-state index contributed by atoms with van der Waals surface area (Å²) in [5, 5.41) is 0. The zero-order valence-corrected chi connectivity index (χ0v) is 9.45. The Morgan fingerprint density at radius 1 is 1.25 bits per heavy atom. The van der Waals surface area contributed by atoms with E-state index in [1.54, 1.807) is 0 Å². The fraction of sp³-hybridized carbons (Fsp3) is 1.00. The van der Waals surface area contributed by atoms with Crippen LogP contribution in [-0.2, 0) is 4.74 Å². The third kappa shape index (κ3) is 2.90. The monoisotopic (exact) mass is 234 g/mol. The highest BCUT2D eigenvalue weighted by molar-refractivity contribution is 4.96. The van der Waals surface area contributed by atoms with Crippen molar-refractivity contribution in [3.63, 3.8) is 0 Å². The van der Waals surface area contributed by atoms with E-state index in [0.29, 0.717) is 24.7 Å². The van der Waals surface area contributed by atoms with Crippen LogP contribution in [0.25, 0.3) is 0 Å². The van der Waals surface area contributed by atoms with Gasteiger partial charge in [-0.1, -0.05) is 0 Å². The largest absolute Gasteiger partial charge is 0.374 e. The van der Waals surface area contributed by atoms with E-state index in [4.69, 9.17) is 10.5 Å². The summed E-state index contributed by atoms with van der Waals surface area (Å²) in [4.78, 5) is 2.40. The third-order valence-electron chi connectivity index (χ3n) is 3.66. The molecule has 94 valence electrons. The molecule has 3 nitrogen and oxygen atoms in total. The molecule has 2 bridgehead atoms. The summed E-state index contributed by atoms with van der Waals surface area (Å²) in [5.74, 6) is 0. The molecule has 2 aliphatic rings. The summed E-state index contributed by atoms with van der Waals surface area (Å²) in [6, 6.07) is 1.45. The number of hydrogen-bond donors (Lipinski definition) is 1. The SMILES string of the molecule is NC1CC2CCC(C1)N2CCOCC(F)F. The second-order valence-corrected chi connectivity index (χ2v) is 4.82. The molecule has 2 rings (SSSR count).